The van der Waals surface area contributed by atoms with Crippen molar-refractivity contribution in [2.24, 2.45) is 0 Å². The number of hydrogen-bond donors (Lipinski definition) is 1. The van der Waals surface area contributed by atoms with E-state index in [1.54, 1.807) is 20.8 Å². The molecule has 0 spiro atoms. The molecule has 1 aromatic rings. The maximum absolute atomic E-state index is 12.8. The third-order valence-corrected chi connectivity index (χ3v) is 2.07. The molecule has 0 saturated carbocycles. The van der Waals surface area contributed by atoms with Gasteiger partial charge in [0.05, 0.1) is 4.47 Å². The number of carbonyl (C=O) groups excluding carboxylic acids is 1. The number of halogens is 2. The van der Waals surface area contributed by atoms with E-state index < -0.39 is 17.6 Å². The zero-order valence-electron chi connectivity index (χ0n) is 9.17. The van der Waals surface area contributed by atoms with Crippen LogP contribution in [0.25, 0.3) is 0 Å². The smallest absolute Gasteiger partial charge is 0.413 e. The molecule has 0 aromatic carbocycles. The summed E-state index contributed by atoms with van der Waals surface area (Å²) in [5.74, 6) is -0.580. The maximum Gasteiger partial charge on any atom is 0.413 e. The third kappa shape index (κ3) is 4.14. The highest BCUT2D eigenvalue weighted by atomic mass is 79.9. The summed E-state index contributed by atoms with van der Waals surface area (Å²) in [7, 11) is 0. The number of nitrogens with one attached hydrogen (secondary N) is 1. The van der Waals surface area contributed by atoms with Gasteiger partial charge in [-0.2, -0.15) is 4.39 Å². The Hall–Kier alpha value is -1.17. The van der Waals surface area contributed by atoms with Gasteiger partial charge < -0.3 is 4.74 Å². The molecule has 0 fully saturated rings. The average Bonchev–Trinajstić information content (AvgIpc) is 2.08. The van der Waals surface area contributed by atoms with Gasteiger partial charge in [-0.05, 0) is 48.8 Å². The second-order valence-corrected chi connectivity index (χ2v) is 4.95. The number of carbonyl (C=O) groups is 1. The van der Waals surface area contributed by atoms with Crippen LogP contribution in [0.15, 0.2) is 16.6 Å². The summed E-state index contributed by atoms with van der Waals surface area (Å²) in [6.07, 6.45) is -0.675. The van der Waals surface area contributed by atoms with Crippen molar-refractivity contribution in [1.29, 1.82) is 0 Å². The highest BCUT2D eigenvalue weighted by molar-refractivity contribution is 9.10. The molecule has 1 amide bonds. The molecule has 1 heterocycles. The van der Waals surface area contributed by atoms with Crippen LogP contribution < -0.4 is 5.32 Å². The minimum Gasteiger partial charge on any atom is -0.444 e. The van der Waals surface area contributed by atoms with Crippen molar-refractivity contribution in [3.05, 3.63) is 22.6 Å². The van der Waals surface area contributed by atoms with Gasteiger partial charge in [-0.3, -0.25) is 5.32 Å². The van der Waals surface area contributed by atoms with Crippen LogP contribution in [-0.4, -0.2) is 16.7 Å². The second kappa shape index (κ2) is 4.78. The van der Waals surface area contributed by atoms with Crippen molar-refractivity contribution in [1.82, 2.24) is 4.98 Å². The van der Waals surface area contributed by atoms with Crippen LogP contribution >= 0.6 is 15.9 Å². The van der Waals surface area contributed by atoms with E-state index in [1.165, 1.54) is 12.1 Å². The molecule has 0 radical (unpaired) electrons. The molecule has 16 heavy (non-hydrogen) atoms. The Bertz CT molecular complexity index is 404. The maximum atomic E-state index is 12.8. The van der Waals surface area contributed by atoms with E-state index in [2.05, 4.69) is 26.2 Å². The quantitative estimate of drug-likeness (QED) is 0.807. The van der Waals surface area contributed by atoms with Crippen LogP contribution in [0.5, 0.6) is 0 Å². The first kappa shape index (κ1) is 12.9. The molecule has 1 aromatic heterocycles. The molecule has 0 aliphatic carbocycles. The van der Waals surface area contributed by atoms with Crippen molar-refractivity contribution in [3.8, 4) is 0 Å². The number of anilines is 1. The Morgan fingerprint density at radius 2 is 2.12 bits per heavy atom. The van der Waals surface area contributed by atoms with Gasteiger partial charge in [0.2, 0.25) is 5.95 Å². The summed E-state index contributed by atoms with van der Waals surface area (Å²) >= 11 is 3.14. The molecular formula is C10H12BrFN2O2. The Morgan fingerprint density at radius 3 is 2.69 bits per heavy atom. The molecule has 6 heteroatoms. The van der Waals surface area contributed by atoms with Crippen LogP contribution in [-0.2, 0) is 4.74 Å². The molecule has 88 valence electrons. The fourth-order valence-corrected chi connectivity index (χ4v) is 1.23. The van der Waals surface area contributed by atoms with Crippen LogP contribution in [0.2, 0.25) is 0 Å². The lowest BCUT2D eigenvalue weighted by molar-refractivity contribution is 0.0635. The van der Waals surface area contributed by atoms with Gasteiger partial charge in [-0.15, -0.1) is 0 Å². The van der Waals surface area contributed by atoms with Crippen molar-refractivity contribution in [2.75, 3.05) is 5.32 Å². The van der Waals surface area contributed by atoms with E-state index in [-0.39, 0.29) is 5.82 Å². The predicted molar refractivity (Wildman–Crippen MR) is 61.8 cm³/mol. The van der Waals surface area contributed by atoms with E-state index in [0.717, 1.165) is 0 Å². The minimum atomic E-state index is -0.675. The Labute approximate surface area is 101 Å². The van der Waals surface area contributed by atoms with Gasteiger partial charge in [0.25, 0.3) is 0 Å². The van der Waals surface area contributed by atoms with Crippen molar-refractivity contribution >= 4 is 27.8 Å². The number of amides is 1. The number of aromatic nitrogens is 1. The first-order valence-electron chi connectivity index (χ1n) is 4.60. The first-order chi connectivity index (χ1) is 7.28. The number of hydrogen-bond acceptors (Lipinski definition) is 3. The Balaban J connectivity index is 2.73. The molecule has 0 bridgehead atoms. The fourth-order valence-electron chi connectivity index (χ4n) is 0.906. The summed E-state index contributed by atoms with van der Waals surface area (Å²) in [6.45, 7) is 5.21. The summed E-state index contributed by atoms with van der Waals surface area (Å²) in [5.41, 5.74) is -0.607. The fraction of sp³-hybridized carbons (Fsp3) is 0.400. The van der Waals surface area contributed by atoms with Gasteiger partial charge in [0.1, 0.15) is 5.60 Å². The van der Waals surface area contributed by atoms with Gasteiger partial charge in [0.15, 0.2) is 5.82 Å². The van der Waals surface area contributed by atoms with Crippen molar-refractivity contribution in [2.45, 2.75) is 26.4 Å². The monoisotopic (exact) mass is 290 g/mol. The number of nitrogens with zero attached hydrogens (tertiary/aromatic N) is 1. The normalized spacial score (nSPS) is 11.1. The van der Waals surface area contributed by atoms with Crippen molar-refractivity contribution < 1.29 is 13.9 Å². The minimum absolute atomic E-state index is 0.0919. The molecule has 0 aliphatic heterocycles. The standard InChI is InChI=1S/C10H12BrFN2O2/c1-10(2,3)16-9(15)14-8-6(11)4-5-7(12)13-8/h4-5H,1-3H3,(H,13,14,15). The van der Waals surface area contributed by atoms with Gasteiger partial charge in [-0.25, -0.2) is 9.78 Å². The topological polar surface area (TPSA) is 51.2 Å². The first-order valence-corrected chi connectivity index (χ1v) is 5.39. The lowest BCUT2D eigenvalue weighted by Gasteiger charge is -2.19. The average molecular weight is 291 g/mol. The molecule has 0 unspecified atom stereocenters. The summed E-state index contributed by atoms with van der Waals surface area (Å²) < 4.78 is 18.3. The van der Waals surface area contributed by atoms with E-state index >= 15 is 0 Å². The van der Waals surface area contributed by atoms with Gasteiger partial charge >= 0.3 is 6.09 Å². The van der Waals surface area contributed by atoms with E-state index in [4.69, 9.17) is 4.74 Å². The molecule has 1 rings (SSSR count). The number of rotatable bonds is 1. The Morgan fingerprint density at radius 1 is 1.50 bits per heavy atom. The zero-order valence-corrected chi connectivity index (χ0v) is 10.8. The summed E-state index contributed by atoms with van der Waals surface area (Å²) in [5, 5.41) is 2.35. The van der Waals surface area contributed by atoms with Crippen LogP contribution in [0.1, 0.15) is 20.8 Å². The molecule has 0 aliphatic rings. The molecule has 1 N–H and O–H groups in total. The molecule has 4 nitrogen and oxygen atoms in total. The molecule has 0 saturated heterocycles. The van der Waals surface area contributed by atoms with Crippen molar-refractivity contribution in [3.63, 3.8) is 0 Å². The molecule has 0 atom stereocenters. The van der Waals surface area contributed by atoms with E-state index in [0.29, 0.717) is 4.47 Å². The number of pyridine rings is 1. The highest BCUT2D eigenvalue weighted by Gasteiger charge is 2.17. The third-order valence-electron chi connectivity index (χ3n) is 1.43. The lowest BCUT2D eigenvalue weighted by atomic mass is 10.2. The van der Waals surface area contributed by atoms with Crippen LogP contribution in [0.3, 0.4) is 0 Å². The SMILES string of the molecule is CC(C)(C)OC(=O)Nc1nc(F)ccc1Br. The van der Waals surface area contributed by atoms with Crippen LogP contribution in [0.4, 0.5) is 15.0 Å². The lowest BCUT2D eigenvalue weighted by Crippen LogP contribution is -2.27. The predicted octanol–water partition coefficient (Wildman–Crippen LogP) is 3.33. The van der Waals surface area contributed by atoms with E-state index in [9.17, 15) is 9.18 Å². The summed E-state index contributed by atoms with van der Waals surface area (Å²) in [4.78, 5) is 14.9. The molecular weight excluding hydrogens is 279 g/mol. The highest BCUT2D eigenvalue weighted by Crippen LogP contribution is 2.20. The van der Waals surface area contributed by atoms with E-state index in [1.807, 2.05) is 0 Å². The number of ether oxygens (including phenoxy) is 1. The largest absolute Gasteiger partial charge is 0.444 e. The Kier molecular flexibility index (Phi) is 3.85. The second-order valence-electron chi connectivity index (χ2n) is 4.09. The van der Waals surface area contributed by atoms with Gasteiger partial charge in [-0.1, -0.05) is 0 Å². The zero-order chi connectivity index (χ0) is 12.3. The summed E-state index contributed by atoms with van der Waals surface area (Å²) in [6, 6.07) is 2.64. The van der Waals surface area contributed by atoms with Gasteiger partial charge in [0, 0.05) is 0 Å². The van der Waals surface area contributed by atoms with Crippen LogP contribution in [0, 0.1) is 5.95 Å².